The summed E-state index contributed by atoms with van der Waals surface area (Å²) >= 11 is 6.45. The van der Waals surface area contributed by atoms with E-state index in [1.165, 1.54) is 30.2 Å². The minimum absolute atomic E-state index is 0.0151. The molecule has 0 heterocycles. The van der Waals surface area contributed by atoms with E-state index >= 15 is 0 Å². The van der Waals surface area contributed by atoms with Crippen LogP contribution in [0.4, 0.5) is 5.69 Å². The van der Waals surface area contributed by atoms with Crippen LogP contribution in [-0.2, 0) is 32.6 Å². The molecule has 8 nitrogen and oxygen atoms in total. The minimum Gasteiger partial charge on any atom is -0.495 e. The van der Waals surface area contributed by atoms with Crippen molar-refractivity contribution in [3.05, 3.63) is 124 Å². The summed E-state index contributed by atoms with van der Waals surface area (Å²) in [5.74, 6) is -0.526. The molecule has 1 atom stereocenters. The van der Waals surface area contributed by atoms with Gasteiger partial charge in [-0.2, -0.15) is 0 Å². The van der Waals surface area contributed by atoms with E-state index in [4.69, 9.17) is 16.3 Å². The van der Waals surface area contributed by atoms with Gasteiger partial charge in [-0.3, -0.25) is 13.9 Å². The van der Waals surface area contributed by atoms with Gasteiger partial charge in [0.05, 0.1) is 22.7 Å². The number of benzene rings is 4. The van der Waals surface area contributed by atoms with E-state index < -0.39 is 28.5 Å². The third-order valence-electron chi connectivity index (χ3n) is 7.49. The lowest BCUT2D eigenvalue weighted by atomic mass is 10.0. The number of carbonyl (C=O) groups is 2. The van der Waals surface area contributed by atoms with Crippen LogP contribution in [0.2, 0.25) is 5.02 Å². The van der Waals surface area contributed by atoms with Gasteiger partial charge in [0.2, 0.25) is 11.8 Å². The first-order valence-corrected chi connectivity index (χ1v) is 16.8. The molecule has 0 aliphatic heterocycles. The first-order chi connectivity index (χ1) is 21.9. The van der Waals surface area contributed by atoms with E-state index in [0.717, 1.165) is 26.6 Å². The molecule has 0 aliphatic carbocycles. The van der Waals surface area contributed by atoms with Crippen molar-refractivity contribution in [1.82, 2.24) is 10.2 Å². The van der Waals surface area contributed by atoms with E-state index in [2.05, 4.69) is 5.32 Å². The maximum Gasteiger partial charge on any atom is 0.264 e. The van der Waals surface area contributed by atoms with Crippen molar-refractivity contribution in [3.63, 3.8) is 0 Å². The van der Waals surface area contributed by atoms with Crippen molar-refractivity contribution in [1.29, 1.82) is 0 Å². The molecule has 1 N–H and O–H groups in total. The minimum atomic E-state index is -4.25. The van der Waals surface area contributed by atoms with Crippen LogP contribution in [0.15, 0.2) is 102 Å². The zero-order valence-electron chi connectivity index (χ0n) is 26.7. The number of ether oxygens (including phenoxy) is 1. The van der Waals surface area contributed by atoms with Crippen molar-refractivity contribution >= 4 is 39.1 Å². The largest absolute Gasteiger partial charge is 0.495 e. The van der Waals surface area contributed by atoms with Gasteiger partial charge in [0.1, 0.15) is 18.3 Å². The smallest absolute Gasteiger partial charge is 0.264 e. The van der Waals surface area contributed by atoms with Gasteiger partial charge in [-0.1, -0.05) is 89.5 Å². The third-order valence-corrected chi connectivity index (χ3v) is 9.57. The van der Waals surface area contributed by atoms with Crippen LogP contribution in [0.5, 0.6) is 5.75 Å². The van der Waals surface area contributed by atoms with E-state index in [0.29, 0.717) is 5.75 Å². The Morgan fingerprint density at radius 2 is 1.46 bits per heavy atom. The number of aryl methyl sites for hydroxylation is 2. The number of nitrogens with zero attached hydrogens (tertiary/aromatic N) is 2. The van der Waals surface area contributed by atoms with Gasteiger partial charge < -0.3 is 15.0 Å². The molecule has 0 saturated heterocycles. The molecule has 0 saturated carbocycles. The predicted octanol–water partition coefficient (Wildman–Crippen LogP) is 6.33. The molecular weight excluding hydrogens is 622 g/mol. The van der Waals surface area contributed by atoms with Crippen molar-refractivity contribution in [2.45, 2.75) is 57.6 Å². The Hall–Kier alpha value is -4.34. The number of hydrogen-bond acceptors (Lipinski definition) is 5. The fraction of sp³-hybridized carbons (Fsp3) is 0.278. The number of rotatable bonds is 13. The lowest BCUT2D eigenvalue weighted by Crippen LogP contribution is -2.54. The van der Waals surface area contributed by atoms with Gasteiger partial charge >= 0.3 is 0 Å². The summed E-state index contributed by atoms with van der Waals surface area (Å²) in [5.41, 5.74) is 3.78. The van der Waals surface area contributed by atoms with Crippen LogP contribution in [-0.4, -0.2) is 50.9 Å². The Morgan fingerprint density at radius 3 is 2.02 bits per heavy atom. The SMILES string of the molecule is COc1ccc(N(CC(=O)N(Cc2ccc(C)cc2)[C@@H](Cc2ccccc2)C(=O)NC(C)C)S(=O)(=O)c2ccc(C)cc2)cc1Cl. The zero-order valence-corrected chi connectivity index (χ0v) is 28.3. The maximum atomic E-state index is 14.5. The molecule has 46 heavy (non-hydrogen) atoms. The molecule has 4 aromatic carbocycles. The number of sulfonamides is 1. The summed E-state index contributed by atoms with van der Waals surface area (Å²) in [4.78, 5) is 29.8. The van der Waals surface area contributed by atoms with Crippen LogP contribution in [0, 0.1) is 13.8 Å². The molecule has 0 radical (unpaired) electrons. The Labute approximate surface area is 277 Å². The van der Waals surface area contributed by atoms with Crippen LogP contribution >= 0.6 is 11.6 Å². The molecule has 2 amide bonds. The van der Waals surface area contributed by atoms with Crippen LogP contribution in [0.3, 0.4) is 0 Å². The second-order valence-electron chi connectivity index (χ2n) is 11.5. The van der Waals surface area contributed by atoms with E-state index in [9.17, 15) is 18.0 Å². The molecule has 0 aromatic heterocycles. The van der Waals surface area contributed by atoms with E-state index in [-0.39, 0.29) is 40.5 Å². The Bertz CT molecular complexity index is 1750. The second-order valence-corrected chi connectivity index (χ2v) is 13.8. The fourth-order valence-electron chi connectivity index (χ4n) is 5.00. The molecule has 0 bridgehead atoms. The molecule has 0 spiro atoms. The summed E-state index contributed by atoms with van der Waals surface area (Å²) in [7, 11) is -2.79. The predicted molar refractivity (Wildman–Crippen MR) is 183 cm³/mol. The Balaban J connectivity index is 1.82. The molecular formula is C36H40ClN3O5S. The quantitative estimate of drug-likeness (QED) is 0.181. The van der Waals surface area contributed by atoms with Crippen molar-refractivity contribution in [2.75, 3.05) is 18.0 Å². The Morgan fingerprint density at radius 1 is 0.848 bits per heavy atom. The molecule has 0 aliphatic rings. The van der Waals surface area contributed by atoms with Crippen LogP contribution < -0.4 is 14.4 Å². The number of hydrogen-bond donors (Lipinski definition) is 1. The Kier molecular flexibility index (Phi) is 11.5. The summed E-state index contributed by atoms with van der Waals surface area (Å²) < 4.78 is 34.7. The molecule has 4 rings (SSSR count). The lowest BCUT2D eigenvalue weighted by Gasteiger charge is -2.34. The second kappa shape index (κ2) is 15.3. The lowest BCUT2D eigenvalue weighted by molar-refractivity contribution is -0.140. The fourth-order valence-corrected chi connectivity index (χ4v) is 6.66. The molecule has 0 unspecified atom stereocenters. The third kappa shape index (κ3) is 8.68. The molecule has 10 heteroatoms. The molecule has 0 fully saturated rings. The first kappa shape index (κ1) is 34.5. The van der Waals surface area contributed by atoms with E-state index in [1.54, 1.807) is 24.3 Å². The highest BCUT2D eigenvalue weighted by atomic mass is 35.5. The highest BCUT2D eigenvalue weighted by molar-refractivity contribution is 7.92. The van der Waals surface area contributed by atoms with Crippen molar-refractivity contribution in [3.8, 4) is 5.75 Å². The molecule has 4 aromatic rings. The number of halogens is 1. The van der Waals surface area contributed by atoms with Gasteiger partial charge in [0, 0.05) is 19.0 Å². The van der Waals surface area contributed by atoms with Gasteiger partial charge in [0.25, 0.3) is 10.0 Å². The van der Waals surface area contributed by atoms with Crippen molar-refractivity contribution < 1.29 is 22.7 Å². The number of nitrogens with one attached hydrogen (secondary N) is 1. The van der Waals surface area contributed by atoms with E-state index in [1.807, 2.05) is 82.3 Å². The van der Waals surface area contributed by atoms with Crippen LogP contribution in [0.1, 0.15) is 36.1 Å². The standard InChI is InChI=1S/C36H40ClN3O5S/c1-25(2)38-36(42)33(21-28-9-7-6-8-10-28)39(23-29-15-11-26(3)12-16-29)35(41)24-40(30-17-20-34(45-5)32(37)22-30)46(43,44)31-18-13-27(4)14-19-31/h6-20,22,25,33H,21,23-24H2,1-5H3,(H,38,42)/t33-/m0/s1. The van der Waals surface area contributed by atoms with Gasteiger partial charge in [0.15, 0.2) is 0 Å². The summed E-state index contributed by atoms with van der Waals surface area (Å²) in [6.45, 7) is 7.04. The average molecular weight is 662 g/mol. The zero-order chi connectivity index (χ0) is 33.4. The highest BCUT2D eigenvalue weighted by Gasteiger charge is 2.35. The summed E-state index contributed by atoms with van der Waals surface area (Å²) in [5, 5.41) is 3.15. The molecule has 242 valence electrons. The number of methoxy groups -OCH3 is 1. The topological polar surface area (TPSA) is 96.0 Å². The van der Waals surface area contributed by atoms with Crippen molar-refractivity contribution in [2.24, 2.45) is 0 Å². The average Bonchev–Trinajstić information content (AvgIpc) is 3.02. The summed E-state index contributed by atoms with van der Waals surface area (Å²) in [6.07, 6.45) is 0.232. The number of amides is 2. The first-order valence-electron chi connectivity index (χ1n) is 15.0. The maximum absolute atomic E-state index is 14.5. The normalized spacial score (nSPS) is 12.0. The number of carbonyl (C=O) groups excluding carboxylic acids is 2. The van der Waals surface area contributed by atoms with Gasteiger partial charge in [-0.25, -0.2) is 8.42 Å². The monoisotopic (exact) mass is 661 g/mol. The van der Waals surface area contributed by atoms with Crippen LogP contribution in [0.25, 0.3) is 0 Å². The van der Waals surface area contributed by atoms with Gasteiger partial charge in [-0.15, -0.1) is 0 Å². The van der Waals surface area contributed by atoms with Gasteiger partial charge in [-0.05, 0) is 69.2 Å². The number of anilines is 1. The summed E-state index contributed by atoms with van der Waals surface area (Å²) in [6, 6.07) is 27.0. The highest BCUT2D eigenvalue weighted by Crippen LogP contribution is 2.32.